The molecule has 1 aromatic rings. The lowest BCUT2D eigenvalue weighted by atomic mass is 9.79. The van der Waals surface area contributed by atoms with Crippen LogP contribution in [0.1, 0.15) is 32.8 Å². The van der Waals surface area contributed by atoms with Crippen LogP contribution in [0.3, 0.4) is 0 Å². The Hall–Kier alpha value is -0.890. The van der Waals surface area contributed by atoms with Crippen LogP contribution in [0.5, 0.6) is 0 Å². The van der Waals surface area contributed by atoms with Crippen LogP contribution in [-0.4, -0.2) is 13.2 Å². The van der Waals surface area contributed by atoms with Crippen molar-refractivity contribution in [3.05, 3.63) is 35.6 Å². The average molecular weight is 224 g/mol. The zero-order chi connectivity index (χ0) is 12.2. The highest BCUT2D eigenvalue weighted by molar-refractivity contribution is 5.17. The van der Waals surface area contributed by atoms with Crippen molar-refractivity contribution in [1.82, 2.24) is 0 Å². The molecule has 0 amide bonds. The molecule has 0 saturated heterocycles. The third-order valence-corrected chi connectivity index (χ3v) is 3.10. The van der Waals surface area contributed by atoms with Crippen LogP contribution in [0, 0.1) is 11.2 Å². The van der Waals surface area contributed by atoms with Gasteiger partial charge in [0.1, 0.15) is 5.82 Å². The summed E-state index contributed by atoms with van der Waals surface area (Å²) in [5, 5.41) is 0. The van der Waals surface area contributed by atoms with Gasteiger partial charge in [0.2, 0.25) is 0 Å². The lowest BCUT2D eigenvalue weighted by molar-refractivity contribution is 0.00458. The van der Waals surface area contributed by atoms with E-state index in [1.807, 2.05) is 12.1 Å². The minimum atomic E-state index is -0.180. The van der Waals surface area contributed by atoms with Crippen LogP contribution < -0.4 is 0 Å². The number of methoxy groups -OCH3 is 1. The summed E-state index contributed by atoms with van der Waals surface area (Å²) in [6.45, 7) is 6.50. The van der Waals surface area contributed by atoms with Crippen LogP contribution in [0.15, 0.2) is 24.3 Å². The molecule has 0 aliphatic carbocycles. The van der Waals surface area contributed by atoms with Crippen LogP contribution in [0.2, 0.25) is 0 Å². The quantitative estimate of drug-likeness (QED) is 0.738. The van der Waals surface area contributed by atoms with Gasteiger partial charge in [0.05, 0.1) is 6.10 Å². The van der Waals surface area contributed by atoms with Crippen LogP contribution in [0.4, 0.5) is 4.39 Å². The molecule has 16 heavy (non-hydrogen) atoms. The first-order valence-electron chi connectivity index (χ1n) is 5.77. The molecule has 1 aromatic carbocycles. The van der Waals surface area contributed by atoms with E-state index in [1.54, 1.807) is 7.11 Å². The van der Waals surface area contributed by atoms with Crippen molar-refractivity contribution in [2.45, 2.75) is 39.7 Å². The molecule has 0 heterocycles. The highest BCUT2D eigenvalue weighted by atomic mass is 19.1. The number of ether oxygens (including phenoxy) is 1. The normalized spacial score (nSPS) is 13.8. The summed E-state index contributed by atoms with van der Waals surface area (Å²) in [4.78, 5) is 0. The zero-order valence-corrected chi connectivity index (χ0v) is 10.6. The summed E-state index contributed by atoms with van der Waals surface area (Å²) in [5.41, 5.74) is 1.23. The van der Waals surface area contributed by atoms with E-state index in [0.29, 0.717) is 0 Å². The first kappa shape index (κ1) is 13.2. The van der Waals surface area contributed by atoms with Crippen molar-refractivity contribution in [2.24, 2.45) is 5.41 Å². The highest BCUT2D eigenvalue weighted by Crippen LogP contribution is 2.29. The van der Waals surface area contributed by atoms with Crippen molar-refractivity contribution in [3.8, 4) is 0 Å². The molecule has 0 saturated carbocycles. The van der Waals surface area contributed by atoms with Gasteiger partial charge < -0.3 is 4.74 Å². The van der Waals surface area contributed by atoms with E-state index in [1.165, 1.54) is 12.1 Å². The van der Waals surface area contributed by atoms with Crippen LogP contribution in [-0.2, 0) is 11.2 Å². The van der Waals surface area contributed by atoms with Crippen molar-refractivity contribution >= 4 is 0 Å². The van der Waals surface area contributed by atoms with E-state index < -0.39 is 0 Å². The fourth-order valence-corrected chi connectivity index (χ4v) is 2.28. The van der Waals surface area contributed by atoms with Gasteiger partial charge in [-0.05, 0) is 36.0 Å². The third-order valence-electron chi connectivity index (χ3n) is 3.10. The molecular formula is C14H21FO. The van der Waals surface area contributed by atoms with E-state index in [0.717, 1.165) is 18.4 Å². The number of benzene rings is 1. The second kappa shape index (κ2) is 5.44. The molecule has 0 radical (unpaired) electrons. The van der Waals surface area contributed by atoms with Crippen LogP contribution >= 0.6 is 0 Å². The largest absolute Gasteiger partial charge is 0.381 e. The first-order valence-corrected chi connectivity index (χ1v) is 5.77. The summed E-state index contributed by atoms with van der Waals surface area (Å²) in [6.07, 6.45) is 2.13. The maximum absolute atomic E-state index is 12.8. The fraction of sp³-hybridized carbons (Fsp3) is 0.571. The molecule has 2 heteroatoms. The lowest BCUT2D eigenvalue weighted by Gasteiger charge is -2.32. The van der Waals surface area contributed by atoms with Gasteiger partial charge in [-0.25, -0.2) is 4.39 Å². The monoisotopic (exact) mass is 224 g/mol. The number of hydrogen-bond acceptors (Lipinski definition) is 1. The maximum Gasteiger partial charge on any atom is 0.123 e. The summed E-state index contributed by atoms with van der Waals surface area (Å²) in [6, 6.07) is 6.72. The molecule has 0 aromatic heterocycles. The van der Waals surface area contributed by atoms with Crippen LogP contribution in [0.25, 0.3) is 0 Å². The Labute approximate surface area is 97.6 Å². The van der Waals surface area contributed by atoms with Crippen molar-refractivity contribution in [2.75, 3.05) is 7.11 Å². The van der Waals surface area contributed by atoms with Crippen molar-refractivity contribution in [3.63, 3.8) is 0 Å². The van der Waals surface area contributed by atoms with E-state index in [-0.39, 0.29) is 17.3 Å². The van der Waals surface area contributed by atoms with E-state index in [4.69, 9.17) is 4.74 Å². The van der Waals surface area contributed by atoms with E-state index in [9.17, 15) is 4.39 Å². The molecule has 1 unspecified atom stereocenters. The first-order chi connectivity index (χ1) is 7.49. The Balaban J connectivity index is 2.75. The van der Waals surface area contributed by atoms with Gasteiger partial charge in [-0.3, -0.25) is 0 Å². The topological polar surface area (TPSA) is 9.23 Å². The molecule has 90 valence electrons. The maximum atomic E-state index is 12.8. The number of hydrogen-bond donors (Lipinski definition) is 0. The summed E-state index contributed by atoms with van der Waals surface area (Å²) < 4.78 is 18.3. The smallest absolute Gasteiger partial charge is 0.123 e. The number of rotatable bonds is 5. The molecule has 1 nitrogen and oxygen atoms in total. The molecule has 1 rings (SSSR count). The molecule has 0 N–H and O–H groups in total. The predicted molar refractivity (Wildman–Crippen MR) is 65.0 cm³/mol. The highest BCUT2D eigenvalue weighted by Gasteiger charge is 2.28. The fourth-order valence-electron chi connectivity index (χ4n) is 2.28. The zero-order valence-electron chi connectivity index (χ0n) is 10.6. The summed E-state index contributed by atoms with van der Waals surface area (Å²) in [7, 11) is 1.75. The SMILES string of the molecule is CCC(OC)C(C)(C)Cc1ccc(F)cc1. The Bertz CT molecular complexity index is 312. The van der Waals surface area contributed by atoms with Gasteiger partial charge in [-0.1, -0.05) is 32.9 Å². The Morgan fingerprint density at radius 1 is 1.25 bits per heavy atom. The van der Waals surface area contributed by atoms with Crippen molar-refractivity contribution in [1.29, 1.82) is 0 Å². The number of halogens is 1. The average Bonchev–Trinajstić information content (AvgIpc) is 2.22. The lowest BCUT2D eigenvalue weighted by Crippen LogP contribution is -2.32. The standard InChI is InChI=1S/C14H21FO/c1-5-13(16-4)14(2,3)10-11-6-8-12(15)9-7-11/h6-9,13H,5,10H2,1-4H3. The Morgan fingerprint density at radius 3 is 2.25 bits per heavy atom. The van der Waals surface area contributed by atoms with Gasteiger partial charge in [0.15, 0.2) is 0 Å². The predicted octanol–water partition coefficient (Wildman–Crippen LogP) is 3.82. The summed E-state index contributed by atoms with van der Waals surface area (Å²) >= 11 is 0. The van der Waals surface area contributed by atoms with Gasteiger partial charge in [0.25, 0.3) is 0 Å². The molecule has 0 aliphatic heterocycles. The van der Waals surface area contributed by atoms with Gasteiger partial charge >= 0.3 is 0 Å². The second-order valence-electron chi connectivity index (χ2n) is 4.92. The van der Waals surface area contributed by atoms with E-state index in [2.05, 4.69) is 20.8 Å². The Morgan fingerprint density at radius 2 is 1.81 bits per heavy atom. The molecule has 0 aliphatic rings. The van der Waals surface area contributed by atoms with Crippen molar-refractivity contribution < 1.29 is 9.13 Å². The summed E-state index contributed by atoms with van der Waals surface area (Å²) in [5.74, 6) is -0.180. The van der Waals surface area contributed by atoms with Gasteiger partial charge in [-0.2, -0.15) is 0 Å². The minimum Gasteiger partial charge on any atom is -0.381 e. The van der Waals surface area contributed by atoms with Gasteiger partial charge in [-0.15, -0.1) is 0 Å². The minimum absolute atomic E-state index is 0.0708. The Kier molecular flexibility index (Phi) is 4.48. The molecule has 1 atom stereocenters. The second-order valence-corrected chi connectivity index (χ2v) is 4.92. The molecule has 0 fully saturated rings. The van der Waals surface area contributed by atoms with Gasteiger partial charge in [0, 0.05) is 7.11 Å². The third kappa shape index (κ3) is 3.31. The molecule has 0 spiro atoms. The molecular weight excluding hydrogens is 203 g/mol. The van der Waals surface area contributed by atoms with E-state index >= 15 is 0 Å². The molecule has 0 bridgehead atoms.